The van der Waals surface area contributed by atoms with Crippen molar-refractivity contribution in [1.29, 1.82) is 0 Å². The maximum Gasteiger partial charge on any atom is 0.407 e. The minimum absolute atomic E-state index is 0.132. The Morgan fingerprint density at radius 2 is 2.26 bits per heavy atom. The average Bonchev–Trinajstić information content (AvgIpc) is 3.04. The number of hydrogen-bond donors (Lipinski definition) is 1. The fraction of sp³-hybridized carbons (Fsp3) is 0.714. The van der Waals surface area contributed by atoms with E-state index in [0.717, 1.165) is 17.3 Å². The number of nitrogens with zero attached hydrogens (tertiary/aromatic N) is 3. The largest absolute Gasteiger partial charge is 0.484 e. The molecule has 7 nitrogen and oxygen atoms in total. The van der Waals surface area contributed by atoms with Gasteiger partial charge in [0, 0.05) is 27.6 Å². The van der Waals surface area contributed by atoms with Gasteiger partial charge in [-0.15, -0.1) is 0 Å². The van der Waals surface area contributed by atoms with Gasteiger partial charge in [-0.05, 0) is 22.0 Å². The lowest BCUT2D eigenvalue weighted by atomic mass is 10.3. The highest BCUT2D eigenvalue weighted by Crippen LogP contribution is 2.27. The van der Waals surface area contributed by atoms with Crippen LogP contribution in [0.1, 0.15) is 6.42 Å². The summed E-state index contributed by atoms with van der Waals surface area (Å²) in [6.45, 7) is 8.94. The molecule has 23 heavy (non-hydrogen) atoms. The summed E-state index contributed by atoms with van der Waals surface area (Å²) in [5.74, 6) is 0.621. The average molecular weight is 406 g/mol. The number of carboxylic acid groups (broad SMARTS) is 1. The van der Waals surface area contributed by atoms with E-state index >= 15 is 0 Å². The van der Waals surface area contributed by atoms with Gasteiger partial charge in [0.1, 0.15) is 17.4 Å². The Morgan fingerprint density at radius 3 is 2.87 bits per heavy atom. The number of rotatable bonds is 7. The van der Waals surface area contributed by atoms with Crippen LogP contribution in [0, 0.1) is 0 Å². The zero-order valence-electron chi connectivity index (χ0n) is 13.8. The lowest BCUT2D eigenvalue weighted by Crippen LogP contribution is -2.29. The molecule has 1 fully saturated rings. The first-order chi connectivity index (χ1) is 10.8. The molecular formula is C14H24BrN3O4Si. The van der Waals surface area contributed by atoms with Crippen LogP contribution in [0.15, 0.2) is 10.8 Å². The third-order valence-corrected chi connectivity index (χ3v) is 6.17. The Bertz CT molecular complexity index is 547. The van der Waals surface area contributed by atoms with Crippen molar-refractivity contribution in [3.05, 3.63) is 10.8 Å². The summed E-state index contributed by atoms with van der Waals surface area (Å²) < 4.78 is 13.9. The first kappa shape index (κ1) is 18.3. The topological polar surface area (TPSA) is 76.8 Å². The van der Waals surface area contributed by atoms with Crippen molar-refractivity contribution in [2.45, 2.75) is 44.9 Å². The summed E-state index contributed by atoms with van der Waals surface area (Å²) in [5, 5.41) is 13.2. The van der Waals surface area contributed by atoms with Crippen LogP contribution >= 0.6 is 15.9 Å². The van der Waals surface area contributed by atoms with Crippen LogP contribution < -0.4 is 4.74 Å². The number of halogens is 1. The van der Waals surface area contributed by atoms with Gasteiger partial charge in [-0.25, -0.2) is 9.48 Å². The second-order valence-electron chi connectivity index (χ2n) is 6.90. The second-order valence-corrected chi connectivity index (χ2v) is 13.3. The summed E-state index contributed by atoms with van der Waals surface area (Å²) in [6, 6.07) is 1.11. The van der Waals surface area contributed by atoms with Crippen molar-refractivity contribution in [1.82, 2.24) is 14.7 Å². The number of likely N-dealkylation sites (tertiary alicyclic amines) is 1. The van der Waals surface area contributed by atoms with Gasteiger partial charge in [-0.3, -0.25) is 0 Å². The van der Waals surface area contributed by atoms with E-state index in [-0.39, 0.29) is 6.10 Å². The normalized spacial score (nSPS) is 18.4. The number of aromatic nitrogens is 2. The number of ether oxygens (including phenoxy) is 2. The molecule has 0 aromatic carbocycles. The number of amides is 1. The molecule has 0 spiro atoms. The summed E-state index contributed by atoms with van der Waals surface area (Å²) >= 11 is 3.47. The van der Waals surface area contributed by atoms with Crippen LogP contribution in [0.4, 0.5) is 4.79 Å². The van der Waals surface area contributed by atoms with Crippen LogP contribution in [-0.2, 0) is 11.5 Å². The predicted molar refractivity (Wildman–Crippen MR) is 92.7 cm³/mol. The molecule has 2 rings (SSSR count). The van der Waals surface area contributed by atoms with Gasteiger partial charge in [0.15, 0.2) is 5.75 Å². The third-order valence-electron chi connectivity index (χ3n) is 3.66. The van der Waals surface area contributed by atoms with Gasteiger partial charge in [0.25, 0.3) is 0 Å². The minimum atomic E-state index is -1.09. The second kappa shape index (κ2) is 7.67. The first-order valence-corrected chi connectivity index (χ1v) is 12.2. The molecule has 9 heteroatoms. The molecule has 1 aromatic heterocycles. The van der Waals surface area contributed by atoms with Gasteiger partial charge in [0.05, 0.1) is 12.7 Å². The molecule has 0 saturated carbocycles. The summed E-state index contributed by atoms with van der Waals surface area (Å²) in [7, 11) is -1.09. The van der Waals surface area contributed by atoms with E-state index in [9.17, 15) is 4.79 Å². The predicted octanol–water partition coefficient (Wildman–Crippen LogP) is 3.09. The van der Waals surface area contributed by atoms with E-state index in [1.165, 1.54) is 4.90 Å². The lowest BCUT2D eigenvalue weighted by Gasteiger charge is -2.15. The molecule has 1 aromatic rings. The fourth-order valence-corrected chi connectivity index (χ4v) is 3.38. The molecule has 1 aliphatic rings. The SMILES string of the molecule is C[Si](C)(C)CCOCn1ncc(OC2CCN(C(=O)O)C2)c1Br. The summed E-state index contributed by atoms with van der Waals surface area (Å²) in [4.78, 5) is 12.3. The Kier molecular flexibility index (Phi) is 6.10. The van der Waals surface area contributed by atoms with E-state index in [2.05, 4.69) is 40.7 Å². The highest BCUT2D eigenvalue weighted by molar-refractivity contribution is 9.10. The maximum absolute atomic E-state index is 10.9. The van der Waals surface area contributed by atoms with E-state index in [4.69, 9.17) is 14.6 Å². The van der Waals surface area contributed by atoms with Gasteiger partial charge < -0.3 is 19.5 Å². The molecule has 1 unspecified atom stereocenters. The van der Waals surface area contributed by atoms with Crippen molar-refractivity contribution in [2.24, 2.45) is 0 Å². The van der Waals surface area contributed by atoms with Crippen LogP contribution in [0.3, 0.4) is 0 Å². The fourth-order valence-electron chi connectivity index (χ4n) is 2.23. The molecular weight excluding hydrogens is 382 g/mol. The molecule has 1 N–H and O–H groups in total. The van der Waals surface area contributed by atoms with Gasteiger partial charge >= 0.3 is 6.09 Å². The Labute approximate surface area is 145 Å². The van der Waals surface area contributed by atoms with Gasteiger partial charge in [0.2, 0.25) is 0 Å². The molecule has 1 aliphatic heterocycles. The quantitative estimate of drug-likeness (QED) is 0.556. The van der Waals surface area contributed by atoms with Crippen LogP contribution in [0.2, 0.25) is 25.7 Å². The third kappa shape index (κ3) is 5.50. The zero-order chi connectivity index (χ0) is 17.0. The van der Waals surface area contributed by atoms with Crippen molar-refractivity contribution in [3.8, 4) is 5.75 Å². The number of hydrogen-bond acceptors (Lipinski definition) is 4. The van der Waals surface area contributed by atoms with Crippen LogP contribution in [-0.4, -0.2) is 59.8 Å². The van der Waals surface area contributed by atoms with Crippen molar-refractivity contribution >= 4 is 30.1 Å². The molecule has 2 heterocycles. The standard InChI is InChI=1S/C14H24BrN3O4Si/c1-23(2,3)7-6-21-10-18-13(15)12(8-16-18)22-11-4-5-17(9-11)14(19)20/h8,11H,4-7,9-10H2,1-3H3,(H,19,20). The Balaban J connectivity index is 1.81. The molecule has 0 aliphatic carbocycles. The van der Waals surface area contributed by atoms with Crippen LogP contribution in [0.5, 0.6) is 5.75 Å². The number of carbonyl (C=O) groups is 1. The highest BCUT2D eigenvalue weighted by Gasteiger charge is 2.28. The van der Waals surface area contributed by atoms with E-state index in [0.29, 0.717) is 32.0 Å². The smallest absolute Gasteiger partial charge is 0.407 e. The molecule has 1 saturated heterocycles. The van der Waals surface area contributed by atoms with Crippen molar-refractivity contribution < 1.29 is 19.4 Å². The molecule has 130 valence electrons. The Morgan fingerprint density at radius 1 is 1.52 bits per heavy atom. The van der Waals surface area contributed by atoms with E-state index < -0.39 is 14.2 Å². The maximum atomic E-state index is 10.9. The van der Waals surface area contributed by atoms with Crippen molar-refractivity contribution in [2.75, 3.05) is 19.7 Å². The summed E-state index contributed by atoms with van der Waals surface area (Å²) in [6.07, 6.45) is 1.29. The molecule has 1 amide bonds. The monoisotopic (exact) mass is 405 g/mol. The van der Waals surface area contributed by atoms with E-state index in [1.807, 2.05) is 0 Å². The van der Waals surface area contributed by atoms with Gasteiger partial charge in [-0.1, -0.05) is 19.6 Å². The lowest BCUT2D eigenvalue weighted by molar-refractivity contribution is 0.0764. The highest BCUT2D eigenvalue weighted by atomic mass is 79.9. The first-order valence-electron chi connectivity index (χ1n) is 7.70. The molecule has 0 bridgehead atoms. The van der Waals surface area contributed by atoms with E-state index in [1.54, 1.807) is 10.9 Å². The zero-order valence-corrected chi connectivity index (χ0v) is 16.4. The minimum Gasteiger partial charge on any atom is -0.484 e. The molecule has 1 atom stereocenters. The van der Waals surface area contributed by atoms with Crippen molar-refractivity contribution in [3.63, 3.8) is 0 Å². The van der Waals surface area contributed by atoms with Crippen LogP contribution in [0.25, 0.3) is 0 Å². The summed E-state index contributed by atoms with van der Waals surface area (Å²) in [5.41, 5.74) is 0. The Hall–Kier alpha value is -1.06. The molecule has 0 radical (unpaired) electrons. The van der Waals surface area contributed by atoms with Gasteiger partial charge in [-0.2, -0.15) is 5.10 Å².